The summed E-state index contributed by atoms with van der Waals surface area (Å²) in [6.45, 7) is 8.82. The van der Waals surface area contributed by atoms with Crippen molar-refractivity contribution < 1.29 is 9.53 Å². The zero-order valence-electron chi connectivity index (χ0n) is 21.2. The number of rotatable bonds is 8. The first-order valence-electron chi connectivity index (χ1n) is 12.7. The molecule has 1 aliphatic rings. The van der Waals surface area contributed by atoms with E-state index in [1.165, 1.54) is 11.1 Å². The Morgan fingerprint density at radius 2 is 1.86 bits per heavy atom. The van der Waals surface area contributed by atoms with Crippen LogP contribution in [0.1, 0.15) is 72.8 Å². The van der Waals surface area contributed by atoms with Gasteiger partial charge < -0.3 is 14.2 Å². The highest BCUT2D eigenvalue weighted by Crippen LogP contribution is 2.38. The first-order chi connectivity index (χ1) is 17.0. The molecule has 1 unspecified atom stereocenters. The van der Waals surface area contributed by atoms with Crippen molar-refractivity contribution in [2.24, 2.45) is 0 Å². The summed E-state index contributed by atoms with van der Waals surface area (Å²) in [4.78, 5) is 19.9. The number of ether oxygens (including phenoxy) is 1. The van der Waals surface area contributed by atoms with E-state index in [4.69, 9.17) is 9.72 Å². The molecule has 6 heteroatoms. The Bertz CT molecular complexity index is 1250. The Morgan fingerprint density at radius 1 is 1.11 bits per heavy atom. The number of aryl methyl sites for hydroxylation is 4. The van der Waals surface area contributed by atoms with Crippen LogP contribution in [0.3, 0.4) is 0 Å². The van der Waals surface area contributed by atoms with E-state index in [0.29, 0.717) is 25.3 Å². The van der Waals surface area contributed by atoms with E-state index in [1.807, 2.05) is 31.4 Å². The number of hydrogen-bond acceptors (Lipinski definition) is 5. The summed E-state index contributed by atoms with van der Waals surface area (Å²) in [5, 5.41) is 9.77. The van der Waals surface area contributed by atoms with Crippen LogP contribution in [0.15, 0.2) is 42.5 Å². The molecular weight excluding hydrogens is 436 g/mol. The normalized spacial score (nSPS) is 13.4. The van der Waals surface area contributed by atoms with Gasteiger partial charge in [-0.15, -0.1) is 0 Å². The molecule has 0 fully saturated rings. The zero-order valence-corrected chi connectivity index (χ0v) is 21.2. The molecule has 0 amide bonds. The molecule has 0 saturated carbocycles. The molecule has 0 spiro atoms. The molecule has 0 bridgehead atoms. The minimum Gasteiger partial charge on any atom is -0.461 e. The second-order valence-electron chi connectivity index (χ2n) is 9.00. The Morgan fingerprint density at radius 3 is 2.57 bits per heavy atom. The number of nitriles is 1. The Kier molecular flexibility index (Phi) is 7.55. The van der Waals surface area contributed by atoms with Crippen LogP contribution in [0.2, 0.25) is 0 Å². The van der Waals surface area contributed by atoms with Crippen molar-refractivity contribution in [3.63, 3.8) is 0 Å². The van der Waals surface area contributed by atoms with Gasteiger partial charge in [0.05, 0.1) is 18.4 Å². The molecule has 35 heavy (non-hydrogen) atoms. The third-order valence-electron chi connectivity index (χ3n) is 6.63. The van der Waals surface area contributed by atoms with Gasteiger partial charge in [-0.25, -0.2) is 9.78 Å². The minimum atomic E-state index is -0.307. The fraction of sp³-hybridized carbons (Fsp3) is 0.414. The molecule has 1 aromatic heterocycles. The molecule has 3 aromatic rings. The van der Waals surface area contributed by atoms with Crippen molar-refractivity contribution in [2.45, 2.75) is 72.4 Å². The van der Waals surface area contributed by atoms with E-state index < -0.39 is 0 Å². The molecule has 0 saturated heterocycles. The molecule has 1 aliphatic heterocycles. The number of esters is 1. The van der Waals surface area contributed by atoms with E-state index in [1.54, 1.807) is 0 Å². The monoisotopic (exact) mass is 470 g/mol. The van der Waals surface area contributed by atoms with E-state index in [0.717, 1.165) is 54.1 Å². The van der Waals surface area contributed by atoms with Gasteiger partial charge in [0.1, 0.15) is 11.9 Å². The molecule has 0 radical (unpaired) electrons. The fourth-order valence-electron chi connectivity index (χ4n) is 5.00. The molecule has 182 valence electrons. The van der Waals surface area contributed by atoms with Gasteiger partial charge in [0.25, 0.3) is 0 Å². The molecule has 2 heterocycles. The Balaban J connectivity index is 1.76. The molecular formula is C29H34N4O2. The summed E-state index contributed by atoms with van der Waals surface area (Å²) in [6, 6.07) is 17.0. The molecule has 0 aliphatic carbocycles. The highest BCUT2D eigenvalue weighted by Gasteiger charge is 2.26. The summed E-state index contributed by atoms with van der Waals surface area (Å²) in [5.74, 6) is 0.618. The number of aromatic nitrogens is 2. The maximum Gasteiger partial charge on any atom is 0.356 e. The minimum absolute atomic E-state index is 0.286. The van der Waals surface area contributed by atoms with Crippen LogP contribution >= 0.6 is 0 Å². The highest BCUT2D eigenvalue weighted by atomic mass is 16.5. The molecule has 6 nitrogen and oxygen atoms in total. The van der Waals surface area contributed by atoms with Gasteiger partial charge >= 0.3 is 5.97 Å². The Labute approximate surface area is 208 Å². The molecule has 1 atom stereocenters. The summed E-state index contributed by atoms with van der Waals surface area (Å²) >= 11 is 0. The van der Waals surface area contributed by atoms with Crippen LogP contribution in [0, 0.1) is 11.3 Å². The number of hydrogen-bond donors (Lipinski definition) is 0. The first kappa shape index (κ1) is 24.5. The number of fused-ring (bicyclic) bond motifs is 2. The molecule has 0 N–H and O–H groups in total. The van der Waals surface area contributed by atoms with Crippen LogP contribution < -0.4 is 4.90 Å². The maximum atomic E-state index is 12.9. The van der Waals surface area contributed by atoms with Crippen molar-refractivity contribution in [3.8, 4) is 6.07 Å². The van der Waals surface area contributed by atoms with Crippen molar-refractivity contribution in [1.82, 2.24) is 9.55 Å². The number of para-hydroxylation sites is 1. The van der Waals surface area contributed by atoms with Crippen molar-refractivity contribution in [2.75, 3.05) is 11.5 Å². The summed E-state index contributed by atoms with van der Waals surface area (Å²) in [6.07, 6.45) is 4.25. The largest absolute Gasteiger partial charge is 0.461 e. The van der Waals surface area contributed by atoms with Gasteiger partial charge in [-0.2, -0.15) is 5.26 Å². The predicted molar refractivity (Wildman–Crippen MR) is 138 cm³/mol. The lowest BCUT2D eigenvalue weighted by Crippen LogP contribution is -2.27. The van der Waals surface area contributed by atoms with E-state index in [2.05, 4.69) is 54.3 Å². The SMILES string of the molecule is CCCc1nc(CC)c(C(=O)OCC)n1Cc1ccc2c(c1)CCc1ccccc1N2C(C)C#N. The quantitative estimate of drug-likeness (QED) is 0.391. The topological polar surface area (TPSA) is 71.2 Å². The third-order valence-corrected chi connectivity index (χ3v) is 6.63. The fourth-order valence-corrected chi connectivity index (χ4v) is 5.00. The summed E-state index contributed by atoms with van der Waals surface area (Å²) in [7, 11) is 0. The molecule has 4 rings (SSSR count). The number of benzene rings is 2. The average molecular weight is 471 g/mol. The van der Waals surface area contributed by atoms with Gasteiger partial charge in [0, 0.05) is 24.3 Å². The van der Waals surface area contributed by atoms with E-state index in [-0.39, 0.29) is 12.0 Å². The van der Waals surface area contributed by atoms with Crippen molar-refractivity contribution >= 4 is 17.3 Å². The van der Waals surface area contributed by atoms with Gasteiger partial charge in [0.15, 0.2) is 5.69 Å². The van der Waals surface area contributed by atoms with E-state index >= 15 is 0 Å². The van der Waals surface area contributed by atoms with Gasteiger partial charge in [-0.05, 0) is 68.4 Å². The van der Waals surface area contributed by atoms with Crippen molar-refractivity contribution in [3.05, 3.63) is 76.4 Å². The van der Waals surface area contributed by atoms with Crippen LogP contribution in [0.25, 0.3) is 0 Å². The Hall–Kier alpha value is -3.59. The maximum absolute atomic E-state index is 12.9. The van der Waals surface area contributed by atoms with Gasteiger partial charge in [0.2, 0.25) is 0 Å². The van der Waals surface area contributed by atoms with Crippen LogP contribution in [0.4, 0.5) is 11.4 Å². The first-order valence-corrected chi connectivity index (χ1v) is 12.7. The second kappa shape index (κ2) is 10.8. The van der Waals surface area contributed by atoms with Crippen molar-refractivity contribution in [1.29, 1.82) is 5.26 Å². The molecule has 2 aromatic carbocycles. The number of nitrogens with zero attached hydrogens (tertiary/aromatic N) is 4. The standard InChI is InChI=1S/C29H34N4O2/c1-5-10-27-31-24(6-2)28(29(34)35-7-3)32(27)19-21-13-16-26-23(17-21)15-14-22-11-8-9-12-25(22)33(26)20(4)18-30/h8-9,11-13,16-17,20H,5-7,10,14-15,19H2,1-4H3. The lowest BCUT2D eigenvalue weighted by molar-refractivity contribution is 0.0512. The van der Waals surface area contributed by atoms with Crippen LogP contribution in [-0.4, -0.2) is 28.2 Å². The second-order valence-corrected chi connectivity index (χ2v) is 9.00. The van der Waals surface area contributed by atoms with Crippen LogP contribution in [0.5, 0.6) is 0 Å². The predicted octanol–water partition coefficient (Wildman–Crippen LogP) is 5.77. The van der Waals surface area contributed by atoms with Gasteiger partial charge in [-0.3, -0.25) is 0 Å². The van der Waals surface area contributed by atoms with E-state index in [9.17, 15) is 10.1 Å². The average Bonchev–Trinajstić information content (AvgIpc) is 3.12. The van der Waals surface area contributed by atoms with Crippen LogP contribution in [-0.2, 0) is 37.0 Å². The highest BCUT2D eigenvalue weighted by molar-refractivity contribution is 5.89. The number of anilines is 2. The zero-order chi connectivity index (χ0) is 24.9. The number of carbonyl (C=O) groups excluding carboxylic acids is 1. The smallest absolute Gasteiger partial charge is 0.356 e. The summed E-state index contributed by atoms with van der Waals surface area (Å²) < 4.78 is 7.44. The third kappa shape index (κ3) is 4.81. The van der Waals surface area contributed by atoms with Gasteiger partial charge in [-0.1, -0.05) is 44.2 Å². The summed E-state index contributed by atoms with van der Waals surface area (Å²) in [5.41, 5.74) is 7.13. The lowest BCUT2D eigenvalue weighted by Gasteiger charge is -2.29. The number of imidazole rings is 1. The number of carbonyl (C=O) groups is 1. The lowest BCUT2D eigenvalue weighted by atomic mass is 10.0.